The number of sulfonamides is 1. The van der Waals surface area contributed by atoms with Gasteiger partial charge in [0.15, 0.2) is 11.5 Å². The summed E-state index contributed by atoms with van der Waals surface area (Å²) in [7, 11) is -3.27. The van der Waals surface area contributed by atoms with Crippen molar-refractivity contribution in [1.29, 1.82) is 0 Å². The van der Waals surface area contributed by atoms with Gasteiger partial charge in [-0.2, -0.15) is 0 Å². The summed E-state index contributed by atoms with van der Waals surface area (Å²) in [5.41, 5.74) is 2.36. The number of amides is 1. The summed E-state index contributed by atoms with van der Waals surface area (Å²) in [4.78, 5) is 16.5. The fraction of sp³-hybridized carbons (Fsp3) is 0.211. The first-order valence-corrected chi connectivity index (χ1v) is 10.3. The molecule has 9 heteroatoms. The Kier molecular flexibility index (Phi) is 6.17. The third kappa shape index (κ3) is 5.24. The van der Waals surface area contributed by atoms with Gasteiger partial charge < -0.3 is 9.84 Å². The molecule has 3 aromatic rings. The van der Waals surface area contributed by atoms with Crippen molar-refractivity contribution in [1.82, 2.24) is 20.2 Å². The zero-order valence-electron chi connectivity index (χ0n) is 15.3. The van der Waals surface area contributed by atoms with E-state index in [1.54, 1.807) is 31.3 Å². The van der Waals surface area contributed by atoms with Gasteiger partial charge in [0, 0.05) is 24.4 Å². The van der Waals surface area contributed by atoms with E-state index < -0.39 is 10.0 Å². The van der Waals surface area contributed by atoms with Crippen LogP contribution < -0.4 is 10.0 Å². The summed E-state index contributed by atoms with van der Waals surface area (Å²) >= 11 is 0. The summed E-state index contributed by atoms with van der Waals surface area (Å²) in [6, 6.07) is 14.4. The van der Waals surface area contributed by atoms with E-state index in [0.29, 0.717) is 11.5 Å². The highest BCUT2D eigenvalue weighted by Crippen LogP contribution is 2.19. The molecule has 0 aliphatic carbocycles. The number of pyridine rings is 1. The molecule has 2 N–H and O–H groups in total. The standard InChI is InChI=1S/C19H20N4O4S/c1-2-28(25,26)22-12-14-8-9-20-16(10-14)13-21-19(24)17-11-18(27-23-17)15-6-4-3-5-7-15/h3-11,22H,2,12-13H2,1H3,(H,21,24). The molecule has 0 spiro atoms. The first-order valence-electron chi connectivity index (χ1n) is 8.68. The second-order valence-electron chi connectivity index (χ2n) is 6.01. The van der Waals surface area contributed by atoms with Crippen molar-refractivity contribution in [2.75, 3.05) is 5.75 Å². The van der Waals surface area contributed by atoms with E-state index in [1.807, 2.05) is 30.3 Å². The van der Waals surface area contributed by atoms with Crippen LogP contribution in [0.25, 0.3) is 11.3 Å². The Hall–Kier alpha value is -3.04. The lowest BCUT2D eigenvalue weighted by Gasteiger charge is -2.07. The average molecular weight is 400 g/mol. The number of rotatable bonds is 8. The molecular weight excluding hydrogens is 380 g/mol. The zero-order valence-corrected chi connectivity index (χ0v) is 16.1. The lowest BCUT2D eigenvalue weighted by atomic mass is 10.1. The molecule has 28 heavy (non-hydrogen) atoms. The Morgan fingerprint density at radius 2 is 1.89 bits per heavy atom. The minimum Gasteiger partial charge on any atom is -0.355 e. The van der Waals surface area contributed by atoms with Crippen molar-refractivity contribution >= 4 is 15.9 Å². The molecule has 146 valence electrons. The van der Waals surface area contributed by atoms with E-state index in [2.05, 4.69) is 20.2 Å². The molecule has 0 unspecified atom stereocenters. The number of nitrogens with one attached hydrogen (secondary N) is 2. The van der Waals surface area contributed by atoms with Crippen molar-refractivity contribution < 1.29 is 17.7 Å². The van der Waals surface area contributed by atoms with E-state index in [9.17, 15) is 13.2 Å². The fourth-order valence-corrected chi connectivity index (χ4v) is 3.00. The van der Waals surface area contributed by atoms with E-state index >= 15 is 0 Å². The summed E-state index contributed by atoms with van der Waals surface area (Å²) in [5, 5.41) is 6.53. The molecule has 3 rings (SSSR count). The lowest BCUT2D eigenvalue weighted by Crippen LogP contribution is -2.25. The summed E-state index contributed by atoms with van der Waals surface area (Å²) in [5.74, 6) is 0.142. The molecule has 0 fully saturated rings. The molecule has 0 radical (unpaired) electrons. The third-order valence-electron chi connectivity index (χ3n) is 3.99. The molecule has 0 atom stereocenters. The zero-order chi connectivity index (χ0) is 20.0. The van der Waals surface area contributed by atoms with Gasteiger partial charge in [-0.15, -0.1) is 0 Å². The quantitative estimate of drug-likeness (QED) is 0.599. The van der Waals surface area contributed by atoms with E-state index in [0.717, 1.165) is 11.1 Å². The van der Waals surface area contributed by atoms with Crippen LogP contribution in [0.2, 0.25) is 0 Å². The molecule has 8 nitrogen and oxygen atoms in total. The maximum absolute atomic E-state index is 12.3. The minimum atomic E-state index is -3.27. The number of carbonyl (C=O) groups is 1. The van der Waals surface area contributed by atoms with Crippen molar-refractivity contribution in [3.8, 4) is 11.3 Å². The van der Waals surface area contributed by atoms with Crippen molar-refractivity contribution in [3.05, 3.63) is 71.7 Å². The summed E-state index contributed by atoms with van der Waals surface area (Å²) in [6.07, 6.45) is 1.57. The SMILES string of the molecule is CCS(=O)(=O)NCc1ccnc(CNC(=O)c2cc(-c3ccccc3)on2)c1. The molecule has 0 saturated heterocycles. The Bertz CT molecular complexity index is 1050. The van der Waals surface area contributed by atoms with Gasteiger partial charge in [0.1, 0.15) is 0 Å². The highest BCUT2D eigenvalue weighted by molar-refractivity contribution is 7.89. The van der Waals surface area contributed by atoms with Gasteiger partial charge in [0.05, 0.1) is 18.0 Å². The van der Waals surface area contributed by atoms with Gasteiger partial charge in [0.25, 0.3) is 5.91 Å². The molecule has 0 aliphatic rings. The van der Waals surface area contributed by atoms with E-state index in [-0.39, 0.29) is 30.4 Å². The van der Waals surface area contributed by atoms with Crippen LogP contribution in [-0.2, 0) is 23.1 Å². The van der Waals surface area contributed by atoms with Crippen molar-refractivity contribution in [3.63, 3.8) is 0 Å². The van der Waals surface area contributed by atoms with Crippen LogP contribution in [0.5, 0.6) is 0 Å². The number of aromatic nitrogens is 2. The van der Waals surface area contributed by atoms with Crippen LogP contribution in [-0.4, -0.2) is 30.2 Å². The van der Waals surface area contributed by atoms with E-state index in [1.165, 1.54) is 0 Å². The van der Waals surface area contributed by atoms with Gasteiger partial charge in [-0.05, 0) is 24.6 Å². The average Bonchev–Trinajstić information content (AvgIpc) is 3.22. The second-order valence-corrected chi connectivity index (χ2v) is 8.10. The van der Waals surface area contributed by atoms with Crippen LogP contribution in [0.1, 0.15) is 28.7 Å². The van der Waals surface area contributed by atoms with Crippen molar-refractivity contribution in [2.45, 2.75) is 20.0 Å². The highest BCUT2D eigenvalue weighted by Gasteiger charge is 2.14. The minimum absolute atomic E-state index is 0.0175. The molecule has 1 amide bonds. The predicted molar refractivity (Wildman–Crippen MR) is 104 cm³/mol. The van der Waals surface area contributed by atoms with Crippen LogP contribution in [0.15, 0.2) is 59.3 Å². The molecular formula is C19H20N4O4S. The number of benzene rings is 1. The van der Waals surface area contributed by atoms with Gasteiger partial charge in [-0.3, -0.25) is 9.78 Å². The second kappa shape index (κ2) is 8.77. The number of hydrogen-bond acceptors (Lipinski definition) is 6. The van der Waals surface area contributed by atoms with Gasteiger partial charge >= 0.3 is 0 Å². The predicted octanol–water partition coefficient (Wildman–Crippen LogP) is 2.11. The summed E-state index contributed by atoms with van der Waals surface area (Å²) in [6.45, 7) is 1.92. The smallest absolute Gasteiger partial charge is 0.273 e. The number of nitrogens with zero attached hydrogens (tertiary/aromatic N) is 2. The maximum atomic E-state index is 12.3. The van der Waals surface area contributed by atoms with Crippen molar-refractivity contribution in [2.24, 2.45) is 0 Å². The van der Waals surface area contributed by atoms with Gasteiger partial charge in [-0.1, -0.05) is 35.5 Å². The maximum Gasteiger partial charge on any atom is 0.273 e. The lowest BCUT2D eigenvalue weighted by molar-refractivity contribution is 0.0941. The molecule has 1 aromatic carbocycles. The largest absolute Gasteiger partial charge is 0.355 e. The molecule has 2 aromatic heterocycles. The molecule has 0 aliphatic heterocycles. The first kappa shape index (κ1) is 19.7. The van der Waals surface area contributed by atoms with Crippen LogP contribution >= 0.6 is 0 Å². The van der Waals surface area contributed by atoms with Crippen LogP contribution in [0, 0.1) is 0 Å². The summed E-state index contributed by atoms with van der Waals surface area (Å²) < 4.78 is 30.8. The number of hydrogen-bond donors (Lipinski definition) is 2. The first-order chi connectivity index (χ1) is 13.5. The van der Waals surface area contributed by atoms with Crippen LogP contribution in [0.4, 0.5) is 0 Å². The Morgan fingerprint density at radius 3 is 2.64 bits per heavy atom. The number of carbonyl (C=O) groups excluding carboxylic acids is 1. The van der Waals surface area contributed by atoms with Gasteiger partial charge in [0.2, 0.25) is 10.0 Å². The Labute approximate surface area is 163 Å². The topological polar surface area (TPSA) is 114 Å². The highest BCUT2D eigenvalue weighted by atomic mass is 32.2. The monoisotopic (exact) mass is 400 g/mol. The molecule has 0 bridgehead atoms. The Balaban J connectivity index is 1.59. The molecule has 0 saturated carbocycles. The Morgan fingerprint density at radius 1 is 1.11 bits per heavy atom. The molecule has 2 heterocycles. The third-order valence-corrected chi connectivity index (χ3v) is 5.33. The fourth-order valence-electron chi connectivity index (χ4n) is 2.41. The van der Waals surface area contributed by atoms with Crippen LogP contribution in [0.3, 0.4) is 0 Å². The van der Waals surface area contributed by atoms with Gasteiger partial charge in [-0.25, -0.2) is 13.1 Å². The normalized spacial score (nSPS) is 11.3. The van der Waals surface area contributed by atoms with E-state index in [4.69, 9.17) is 4.52 Å².